The average molecular weight is 454 g/mol. The summed E-state index contributed by atoms with van der Waals surface area (Å²) in [6.45, 7) is 2.20. The molecule has 1 atom stereocenters. The fraction of sp³-hybridized carbons (Fsp3) is 0.167. The van der Waals surface area contributed by atoms with Crippen molar-refractivity contribution in [3.63, 3.8) is 0 Å². The lowest BCUT2D eigenvalue weighted by Gasteiger charge is -2.26. The van der Waals surface area contributed by atoms with Crippen LogP contribution in [0.1, 0.15) is 27.6 Å². The van der Waals surface area contributed by atoms with E-state index in [1.807, 2.05) is 48.7 Å². The molecule has 31 heavy (non-hydrogen) atoms. The molecule has 0 spiro atoms. The van der Waals surface area contributed by atoms with Crippen LogP contribution in [0, 0.1) is 6.92 Å². The monoisotopic (exact) mass is 453 g/mol. The van der Waals surface area contributed by atoms with Crippen LogP contribution < -0.4 is 4.74 Å². The minimum atomic E-state index is -0.712. The predicted octanol–water partition coefficient (Wildman–Crippen LogP) is 5.34. The second kappa shape index (κ2) is 8.57. The number of halogens is 1. The Bertz CT molecular complexity index is 1190. The zero-order valence-corrected chi connectivity index (χ0v) is 18.5. The number of ether oxygens (including phenoxy) is 1. The molecule has 1 saturated heterocycles. The summed E-state index contributed by atoms with van der Waals surface area (Å²) in [5.74, 6) is -1.23. The number of hydrogen-bond acceptors (Lipinski definition) is 5. The van der Waals surface area contributed by atoms with Gasteiger partial charge in [0.1, 0.15) is 11.5 Å². The molecule has 1 aromatic heterocycles. The molecule has 0 aliphatic carbocycles. The number of thiophene rings is 1. The van der Waals surface area contributed by atoms with Crippen LogP contribution in [0.25, 0.3) is 5.76 Å². The van der Waals surface area contributed by atoms with Crippen LogP contribution in [0.2, 0.25) is 5.02 Å². The molecule has 1 fully saturated rings. The molecule has 1 aliphatic rings. The second-order valence-electron chi connectivity index (χ2n) is 7.21. The van der Waals surface area contributed by atoms with E-state index in [9.17, 15) is 14.7 Å². The molecular formula is C24H20ClNO4S. The van der Waals surface area contributed by atoms with Gasteiger partial charge in [-0.15, -0.1) is 11.3 Å². The standard InChI is InChI=1S/C24H20ClNO4S/c1-14-6-3-4-8-17(14)21-20(22(27)15-9-10-18(25)19(12-15)30-2)23(28)24(29)26(21)13-16-7-5-11-31-16/h3-12,21,27H,13H2,1-2H3/b22-20+. The predicted molar refractivity (Wildman–Crippen MR) is 121 cm³/mol. The third-order valence-electron chi connectivity index (χ3n) is 5.35. The third kappa shape index (κ3) is 3.84. The maximum Gasteiger partial charge on any atom is 0.295 e. The lowest BCUT2D eigenvalue weighted by atomic mass is 9.92. The number of aliphatic hydroxyl groups excluding tert-OH is 1. The second-order valence-corrected chi connectivity index (χ2v) is 8.65. The largest absolute Gasteiger partial charge is 0.507 e. The molecule has 3 aromatic rings. The third-order valence-corrected chi connectivity index (χ3v) is 6.53. The highest BCUT2D eigenvalue weighted by Crippen LogP contribution is 2.42. The van der Waals surface area contributed by atoms with E-state index < -0.39 is 17.7 Å². The summed E-state index contributed by atoms with van der Waals surface area (Å²) in [4.78, 5) is 28.6. The molecule has 0 saturated carbocycles. The summed E-state index contributed by atoms with van der Waals surface area (Å²) < 4.78 is 5.24. The molecule has 4 rings (SSSR count). The number of aliphatic hydroxyl groups is 1. The van der Waals surface area contributed by atoms with Crippen molar-refractivity contribution in [2.75, 3.05) is 7.11 Å². The van der Waals surface area contributed by atoms with Gasteiger partial charge in [0.05, 0.1) is 30.3 Å². The zero-order valence-electron chi connectivity index (χ0n) is 17.0. The Kier molecular flexibility index (Phi) is 5.85. The van der Waals surface area contributed by atoms with E-state index in [2.05, 4.69) is 0 Å². The van der Waals surface area contributed by atoms with E-state index in [0.29, 0.717) is 16.3 Å². The molecular weight excluding hydrogens is 434 g/mol. The number of amides is 1. The maximum absolute atomic E-state index is 13.1. The Morgan fingerprint density at radius 2 is 1.94 bits per heavy atom. The van der Waals surface area contributed by atoms with Gasteiger partial charge >= 0.3 is 0 Å². The fourth-order valence-electron chi connectivity index (χ4n) is 3.79. The highest BCUT2D eigenvalue weighted by molar-refractivity contribution is 7.09. The van der Waals surface area contributed by atoms with E-state index in [1.54, 1.807) is 18.2 Å². The molecule has 1 aliphatic heterocycles. The van der Waals surface area contributed by atoms with Gasteiger partial charge < -0.3 is 14.7 Å². The molecule has 5 nitrogen and oxygen atoms in total. The minimum absolute atomic E-state index is 0.0558. The molecule has 7 heteroatoms. The SMILES string of the molecule is COc1cc(/C(O)=C2\C(=O)C(=O)N(Cc3cccs3)C2c2ccccc2C)ccc1Cl. The Morgan fingerprint density at radius 3 is 2.61 bits per heavy atom. The van der Waals surface area contributed by atoms with Crippen molar-refractivity contribution in [1.29, 1.82) is 0 Å². The molecule has 1 N–H and O–H groups in total. The fourth-order valence-corrected chi connectivity index (χ4v) is 4.69. The summed E-state index contributed by atoms with van der Waals surface area (Å²) >= 11 is 7.62. The Morgan fingerprint density at radius 1 is 1.16 bits per heavy atom. The van der Waals surface area contributed by atoms with Gasteiger partial charge in [0.15, 0.2) is 0 Å². The van der Waals surface area contributed by atoms with Crippen LogP contribution >= 0.6 is 22.9 Å². The Balaban J connectivity index is 1.90. The maximum atomic E-state index is 13.1. The van der Waals surface area contributed by atoms with Gasteiger partial charge in [-0.3, -0.25) is 9.59 Å². The Labute approximate surface area is 189 Å². The molecule has 1 unspecified atom stereocenters. The number of carbonyl (C=O) groups is 2. The van der Waals surface area contributed by atoms with Gasteiger partial charge in [-0.2, -0.15) is 0 Å². The number of carbonyl (C=O) groups excluding carboxylic acids is 2. The minimum Gasteiger partial charge on any atom is -0.507 e. The van der Waals surface area contributed by atoms with Crippen molar-refractivity contribution < 1.29 is 19.4 Å². The molecule has 2 aromatic carbocycles. The van der Waals surface area contributed by atoms with Crippen molar-refractivity contribution in [1.82, 2.24) is 4.90 Å². The van der Waals surface area contributed by atoms with Crippen molar-refractivity contribution in [3.05, 3.63) is 92.1 Å². The van der Waals surface area contributed by atoms with E-state index in [4.69, 9.17) is 16.3 Å². The van der Waals surface area contributed by atoms with Crippen LogP contribution in [-0.2, 0) is 16.1 Å². The van der Waals surface area contributed by atoms with Crippen molar-refractivity contribution in [3.8, 4) is 5.75 Å². The molecule has 1 amide bonds. The number of rotatable bonds is 5. The van der Waals surface area contributed by atoms with Crippen LogP contribution in [0.4, 0.5) is 0 Å². The van der Waals surface area contributed by atoms with Crippen LogP contribution in [0.3, 0.4) is 0 Å². The summed E-state index contributed by atoms with van der Waals surface area (Å²) in [6.07, 6.45) is 0. The van der Waals surface area contributed by atoms with Gasteiger partial charge in [-0.1, -0.05) is 41.9 Å². The van der Waals surface area contributed by atoms with Crippen LogP contribution in [0.15, 0.2) is 65.6 Å². The highest BCUT2D eigenvalue weighted by atomic mass is 35.5. The van der Waals surface area contributed by atoms with Gasteiger partial charge in [0.25, 0.3) is 11.7 Å². The van der Waals surface area contributed by atoms with Crippen molar-refractivity contribution in [2.24, 2.45) is 0 Å². The number of benzene rings is 2. The van der Waals surface area contributed by atoms with Gasteiger partial charge in [0.2, 0.25) is 0 Å². The Hall–Kier alpha value is -3.09. The van der Waals surface area contributed by atoms with E-state index in [0.717, 1.165) is 16.0 Å². The number of nitrogens with zero attached hydrogens (tertiary/aromatic N) is 1. The zero-order chi connectivity index (χ0) is 22.1. The topological polar surface area (TPSA) is 66.8 Å². The first kappa shape index (κ1) is 21.2. The first-order valence-corrected chi connectivity index (χ1v) is 10.9. The molecule has 0 radical (unpaired) electrons. The normalized spacial score (nSPS) is 17.9. The number of ketones is 1. The van der Waals surface area contributed by atoms with E-state index in [-0.39, 0.29) is 17.9 Å². The average Bonchev–Trinajstić information content (AvgIpc) is 3.36. The first-order valence-electron chi connectivity index (χ1n) is 9.62. The number of hydrogen-bond donors (Lipinski definition) is 1. The smallest absolute Gasteiger partial charge is 0.295 e. The lowest BCUT2D eigenvalue weighted by molar-refractivity contribution is -0.140. The quantitative estimate of drug-likeness (QED) is 0.321. The number of likely N-dealkylation sites (tertiary alicyclic amines) is 1. The van der Waals surface area contributed by atoms with E-state index >= 15 is 0 Å². The highest BCUT2D eigenvalue weighted by Gasteiger charge is 2.46. The number of Topliss-reactive ketones (excluding diaryl/α,β-unsaturated/α-hetero) is 1. The number of methoxy groups -OCH3 is 1. The first-order chi connectivity index (χ1) is 14.9. The summed E-state index contributed by atoms with van der Waals surface area (Å²) in [6, 6.07) is 15.4. The number of aryl methyl sites for hydroxylation is 1. The summed E-state index contributed by atoms with van der Waals surface area (Å²) in [5, 5.41) is 13.5. The molecule has 2 heterocycles. The van der Waals surface area contributed by atoms with Gasteiger partial charge in [-0.25, -0.2) is 0 Å². The van der Waals surface area contributed by atoms with Crippen LogP contribution in [0.5, 0.6) is 5.75 Å². The lowest BCUT2D eigenvalue weighted by Crippen LogP contribution is -2.29. The van der Waals surface area contributed by atoms with Crippen LogP contribution in [-0.4, -0.2) is 28.8 Å². The summed E-state index contributed by atoms with van der Waals surface area (Å²) in [7, 11) is 1.47. The van der Waals surface area contributed by atoms with Gasteiger partial charge in [0, 0.05) is 10.4 Å². The molecule has 158 valence electrons. The molecule has 0 bridgehead atoms. The van der Waals surface area contributed by atoms with E-state index in [1.165, 1.54) is 23.3 Å². The summed E-state index contributed by atoms with van der Waals surface area (Å²) in [5.41, 5.74) is 2.13. The van der Waals surface area contributed by atoms with Crippen molar-refractivity contribution in [2.45, 2.75) is 19.5 Å². The van der Waals surface area contributed by atoms with Gasteiger partial charge in [-0.05, 0) is 47.7 Å². The van der Waals surface area contributed by atoms with Crippen molar-refractivity contribution >= 4 is 40.4 Å².